The topological polar surface area (TPSA) is 126 Å². The van der Waals surface area contributed by atoms with Crippen LogP contribution in [0.15, 0.2) is 70.5 Å². The first kappa shape index (κ1) is 24.2. The van der Waals surface area contributed by atoms with Crippen molar-refractivity contribution in [1.82, 2.24) is 9.97 Å². The number of nitrogens with zero attached hydrogens (tertiary/aromatic N) is 3. The van der Waals surface area contributed by atoms with Crippen LogP contribution >= 0.6 is 22.7 Å². The normalized spacial score (nSPS) is 11.5. The van der Waals surface area contributed by atoms with Crippen LogP contribution in [0.5, 0.6) is 11.5 Å². The van der Waals surface area contributed by atoms with E-state index in [0.717, 1.165) is 5.56 Å². The van der Waals surface area contributed by atoms with Crippen molar-refractivity contribution in [3.63, 3.8) is 0 Å². The molecule has 35 heavy (non-hydrogen) atoms. The van der Waals surface area contributed by atoms with E-state index in [1.54, 1.807) is 37.8 Å². The van der Waals surface area contributed by atoms with Gasteiger partial charge in [-0.1, -0.05) is 0 Å². The highest BCUT2D eigenvalue weighted by Gasteiger charge is 2.15. The molecule has 2 aromatic carbocycles. The van der Waals surface area contributed by atoms with E-state index in [0.29, 0.717) is 38.6 Å². The fourth-order valence-corrected chi connectivity index (χ4v) is 5.58. The Balaban J connectivity index is 1.48. The quantitative estimate of drug-likeness (QED) is 0.290. The highest BCUT2D eigenvalue weighted by molar-refractivity contribution is 7.93. The van der Waals surface area contributed by atoms with Crippen molar-refractivity contribution in [3.05, 3.63) is 70.6 Å². The molecule has 4 rings (SSSR count). The molecule has 0 radical (unpaired) electrons. The second-order valence-electron chi connectivity index (χ2n) is 6.89. The standard InChI is InChI=1S/C23H19N5O4S3/c1-31-20-8-3-15(11-21(20)32-2)19-14-34-22(27-19)16(12-24)13-26-17-4-6-18(7-5-17)35(29,30)28-23-25-9-10-33-23/h3-11,13-14,26H,1-2H3,(H,25,28)/b16-13-. The molecule has 0 amide bonds. The van der Waals surface area contributed by atoms with Crippen molar-refractivity contribution in [2.45, 2.75) is 4.90 Å². The van der Waals surface area contributed by atoms with Gasteiger partial charge in [-0.15, -0.1) is 22.7 Å². The van der Waals surface area contributed by atoms with E-state index in [2.05, 4.69) is 26.1 Å². The van der Waals surface area contributed by atoms with Crippen LogP contribution < -0.4 is 19.5 Å². The van der Waals surface area contributed by atoms with Gasteiger partial charge in [0, 0.05) is 34.4 Å². The van der Waals surface area contributed by atoms with Gasteiger partial charge in [0.15, 0.2) is 16.6 Å². The molecule has 0 fully saturated rings. The Labute approximate surface area is 210 Å². The van der Waals surface area contributed by atoms with Crippen LogP contribution in [0.3, 0.4) is 0 Å². The van der Waals surface area contributed by atoms with Crippen LogP contribution in [0.25, 0.3) is 16.8 Å². The summed E-state index contributed by atoms with van der Waals surface area (Å²) >= 11 is 2.53. The van der Waals surface area contributed by atoms with Crippen molar-refractivity contribution in [2.24, 2.45) is 0 Å². The molecule has 0 aliphatic heterocycles. The second kappa shape index (κ2) is 10.6. The summed E-state index contributed by atoms with van der Waals surface area (Å²) in [6.07, 6.45) is 3.06. The molecule has 9 nitrogen and oxygen atoms in total. The van der Waals surface area contributed by atoms with Gasteiger partial charge in [-0.2, -0.15) is 5.26 Å². The SMILES string of the molecule is COc1ccc(-c2csc(/C(C#N)=C\Nc3ccc(S(=O)(=O)Nc4nccs4)cc3)n2)cc1OC. The molecule has 0 atom stereocenters. The van der Waals surface area contributed by atoms with E-state index >= 15 is 0 Å². The number of nitrogens with one attached hydrogen (secondary N) is 2. The number of ether oxygens (including phenoxy) is 2. The first-order valence-corrected chi connectivity index (χ1v) is 13.2. The van der Waals surface area contributed by atoms with E-state index in [9.17, 15) is 13.7 Å². The van der Waals surface area contributed by atoms with E-state index in [1.165, 1.54) is 47.2 Å². The van der Waals surface area contributed by atoms with Gasteiger partial charge in [-0.25, -0.2) is 18.4 Å². The van der Waals surface area contributed by atoms with Crippen LogP contribution in [0, 0.1) is 11.3 Å². The van der Waals surface area contributed by atoms with E-state index in [1.807, 2.05) is 17.5 Å². The Kier molecular flexibility index (Phi) is 7.31. The lowest BCUT2D eigenvalue weighted by Crippen LogP contribution is -2.12. The molecule has 4 aromatic rings. The van der Waals surface area contributed by atoms with Crippen molar-refractivity contribution in [1.29, 1.82) is 5.26 Å². The first-order chi connectivity index (χ1) is 16.9. The van der Waals surface area contributed by atoms with Crippen LogP contribution in [-0.2, 0) is 10.0 Å². The van der Waals surface area contributed by atoms with Crippen LogP contribution in [0.4, 0.5) is 10.8 Å². The molecule has 2 heterocycles. The molecule has 0 aliphatic rings. The van der Waals surface area contributed by atoms with Gasteiger partial charge < -0.3 is 14.8 Å². The van der Waals surface area contributed by atoms with Gasteiger partial charge >= 0.3 is 0 Å². The lowest BCUT2D eigenvalue weighted by atomic mass is 10.1. The molecule has 0 unspecified atom stereocenters. The Hall–Kier alpha value is -3.92. The second-order valence-corrected chi connectivity index (χ2v) is 10.3. The summed E-state index contributed by atoms with van der Waals surface area (Å²) in [7, 11) is -0.599. The molecule has 0 saturated carbocycles. The lowest BCUT2D eigenvalue weighted by Gasteiger charge is -2.08. The number of hydrogen-bond acceptors (Lipinski definition) is 10. The van der Waals surface area contributed by atoms with Gasteiger partial charge in [0.25, 0.3) is 10.0 Å². The Bertz CT molecular complexity index is 1490. The first-order valence-electron chi connectivity index (χ1n) is 10.0. The maximum absolute atomic E-state index is 12.5. The molecule has 12 heteroatoms. The third-order valence-electron chi connectivity index (χ3n) is 4.74. The van der Waals surface area contributed by atoms with Crippen molar-refractivity contribution in [3.8, 4) is 28.8 Å². The highest BCUT2D eigenvalue weighted by atomic mass is 32.2. The summed E-state index contributed by atoms with van der Waals surface area (Å²) in [5.74, 6) is 1.20. The predicted molar refractivity (Wildman–Crippen MR) is 137 cm³/mol. The van der Waals surface area contributed by atoms with Crippen LogP contribution in [-0.4, -0.2) is 32.6 Å². The average Bonchev–Trinajstić information content (AvgIpc) is 3.57. The number of hydrogen-bond donors (Lipinski definition) is 2. The molecule has 2 N–H and O–H groups in total. The number of benzene rings is 2. The Morgan fingerprint density at radius 1 is 1.09 bits per heavy atom. The lowest BCUT2D eigenvalue weighted by molar-refractivity contribution is 0.355. The minimum absolute atomic E-state index is 0.0993. The maximum Gasteiger partial charge on any atom is 0.263 e. The fourth-order valence-electron chi connectivity index (χ4n) is 3.00. The zero-order valence-corrected chi connectivity index (χ0v) is 21.0. The maximum atomic E-state index is 12.5. The molecular weight excluding hydrogens is 506 g/mol. The Morgan fingerprint density at radius 3 is 2.51 bits per heavy atom. The summed E-state index contributed by atoms with van der Waals surface area (Å²) in [5, 5.41) is 17.0. The van der Waals surface area contributed by atoms with Crippen LogP contribution in [0.2, 0.25) is 0 Å². The molecule has 2 aromatic heterocycles. The fraction of sp³-hybridized carbons (Fsp3) is 0.0870. The van der Waals surface area contributed by atoms with E-state index in [-0.39, 0.29) is 4.90 Å². The van der Waals surface area contributed by atoms with Gasteiger partial charge in [-0.3, -0.25) is 4.72 Å². The van der Waals surface area contributed by atoms with Gasteiger partial charge in [-0.05, 0) is 42.5 Å². The molecular formula is C23H19N5O4S3. The average molecular weight is 526 g/mol. The monoisotopic (exact) mass is 525 g/mol. The van der Waals surface area contributed by atoms with Gasteiger partial charge in [0.1, 0.15) is 16.6 Å². The van der Waals surface area contributed by atoms with E-state index in [4.69, 9.17) is 9.47 Å². The number of rotatable bonds is 9. The molecule has 178 valence electrons. The largest absolute Gasteiger partial charge is 0.493 e. The summed E-state index contributed by atoms with van der Waals surface area (Å²) < 4.78 is 38.0. The van der Waals surface area contributed by atoms with E-state index < -0.39 is 10.0 Å². The van der Waals surface area contributed by atoms with Crippen molar-refractivity contribution >= 4 is 49.1 Å². The summed E-state index contributed by atoms with van der Waals surface area (Å²) in [4.78, 5) is 8.60. The predicted octanol–water partition coefficient (Wildman–Crippen LogP) is 5.06. The van der Waals surface area contributed by atoms with Crippen LogP contribution in [0.1, 0.15) is 5.01 Å². The Morgan fingerprint density at radius 2 is 1.86 bits per heavy atom. The third-order valence-corrected chi connectivity index (χ3v) is 7.78. The summed E-state index contributed by atoms with van der Waals surface area (Å²) in [6, 6.07) is 13.8. The number of nitriles is 1. The third kappa shape index (κ3) is 5.60. The number of thiazole rings is 2. The zero-order chi connectivity index (χ0) is 24.8. The number of allylic oxidation sites excluding steroid dienone is 1. The van der Waals surface area contributed by atoms with Gasteiger partial charge in [0.2, 0.25) is 0 Å². The number of aromatic nitrogens is 2. The number of methoxy groups -OCH3 is 2. The minimum Gasteiger partial charge on any atom is -0.493 e. The van der Waals surface area contributed by atoms with Crippen molar-refractivity contribution < 1.29 is 17.9 Å². The van der Waals surface area contributed by atoms with Gasteiger partial charge in [0.05, 0.1) is 24.8 Å². The smallest absolute Gasteiger partial charge is 0.263 e. The summed E-state index contributed by atoms with van der Waals surface area (Å²) in [5.41, 5.74) is 2.49. The minimum atomic E-state index is -3.73. The molecule has 0 aliphatic carbocycles. The molecule has 0 saturated heterocycles. The number of anilines is 2. The highest BCUT2D eigenvalue weighted by Crippen LogP contribution is 2.33. The molecule has 0 bridgehead atoms. The summed E-state index contributed by atoms with van der Waals surface area (Å²) in [6.45, 7) is 0. The zero-order valence-electron chi connectivity index (χ0n) is 18.6. The van der Waals surface area contributed by atoms with Crippen molar-refractivity contribution in [2.75, 3.05) is 24.3 Å². The number of sulfonamides is 1. The molecule has 0 spiro atoms.